The first-order valence-electron chi connectivity index (χ1n) is 9.98. The molecule has 1 atom stereocenters. The van der Waals surface area contributed by atoms with Gasteiger partial charge in [0.15, 0.2) is 6.61 Å². The smallest absolute Gasteiger partial charge is 0.262 e. The molecule has 2 N–H and O–H groups in total. The average molecular weight is 448 g/mol. The van der Waals surface area contributed by atoms with E-state index in [2.05, 4.69) is 14.9 Å². The van der Waals surface area contributed by atoms with Crippen LogP contribution in [-0.2, 0) is 19.6 Å². The Labute approximate surface area is 181 Å². The van der Waals surface area contributed by atoms with Gasteiger partial charge in [-0.05, 0) is 35.9 Å². The van der Waals surface area contributed by atoms with Crippen LogP contribution in [-0.4, -0.2) is 65.8 Å². The Balaban J connectivity index is 1.54. The number of carbonyl (C=O) groups is 1. The molecule has 31 heavy (non-hydrogen) atoms. The van der Waals surface area contributed by atoms with Crippen molar-refractivity contribution in [3.63, 3.8) is 0 Å². The summed E-state index contributed by atoms with van der Waals surface area (Å²) >= 11 is 0. The Morgan fingerprint density at radius 2 is 1.90 bits per heavy atom. The zero-order valence-corrected chi connectivity index (χ0v) is 18.0. The molecule has 0 radical (unpaired) electrons. The quantitative estimate of drug-likeness (QED) is 0.660. The number of methoxy groups -OCH3 is 1. The fraction of sp³-hybridized carbons (Fsp3) is 0.381. The molecule has 4 rings (SSSR count). The maximum Gasteiger partial charge on any atom is 0.262 e. The van der Waals surface area contributed by atoms with E-state index in [1.165, 1.54) is 12.1 Å². The molecule has 1 saturated heterocycles. The third-order valence-corrected chi connectivity index (χ3v) is 6.77. The van der Waals surface area contributed by atoms with E-state index >= 15 is 0 Å². The first-order valence-corrected chi connectivity index (χ1v) is 11.5. The number of hydrogen-bond donors (Lipinski definition) is 2. The van der Waals surface area contributed by atoms with Crippen LogP contribution >= 0.6 is 0 Å². The molecule has 9 nitrogen and oxygen atoms in total. The average Bonchev–Trinajstić information content (AvgIpc) is 2.79. The first kappa shape index (κ1) is 21.6. The summed E-state index contributed by atoms with van der Waals surface area (Å²) in [6.45, 7) is 2.73. The monoisotopic (exact) mass is 447 g/mol. The van der Waals surface area contributed by atoms with E-state index < -0.39 is 10.0 Å². The van der Waals surface area contributed by atoms with Crippen molar-refractivity contribution in [3.05, 3.63) is 48.0 Å². The normalized spacial score (nSPS) is 17.9. The van der Waals surface area contributed by atoms with Crippen molar-refractivity contribution >= 4 is 21.6 Å². The van der Waals surface area contributed by atoms with E-state index in [1.54, 1.807) is 13.2 Å². The summed E-state index contributed by atoms with van der Waals surface area (Å²) in [5.41, 5.74) is 1.33. The first-order chi connectivity index (χ1) is 15.0. The van der Waals surface area contributed by atoms with Gasteiger partial charge in [0.2, 0.25) is 10.0 Å². The van der Waals surface area contributed by atoms with Gasteiger partial charge in [0.25, 0.3) is 5.91 Å². The zero-order valence-electron chi connectivity index (χ0n) is 17.2. The molecule has 0 aliphatic carbocycles. The second-order valence-electron chi connectivity index (χ2n) is 7.28. The van der Waals surface area contributed by atoms with E-state index in [0.29, 0.717) is 37.7 Å². The van der Waals surface area contributed by atoms with Gasteiger partial charge in [-0.1, -0.05) is 12.1 Å². The number of fused-ring (bicyclic) bond motifs is 1. The van der Waals surface area contributed by atoms with Gasteiger partial charge in [0, 0.05) is 25.7 Å². The van der Waals surface area contributed by atoms with Gasteiger partial charge in [-0.2, -0.15) is 0 Å². The van der Waals surface area contributed by atoms with Crippen LogP contribution in [0.5, 0.6) is 11.5 Å². The summed E-state index contributed by atoms with van der Waals surface area (Å²) in [7, 11) is -2.20. The minimum atomic E-state index is -3.81. The molecule has 1 unspecified atom stereocenters. The van der Waals surface area contributed by atoms with Crippen molar-refractivity contribution in [3.8, 4) is 11.5 Å². The largest absolute Gasteiger partial charge is 0.497 e. The number of morpholine rings is 1. The Kier molecular flexibility index (Phi) is 6.42. The number of anilines is 1. The molecule has 1 fully saturated rings. The second kappa shape index (κ2) is 9.23. The number of nitrogens with one attached hydrogen (secondary N) is 2. The van der Waals surface area contributed by atoms with Crippen LogP contribution < -0.4 is 19.5 Å². The second-order valence-corrected chi connectivity index (χ2v) is 9.05. The SMILES string of the molecule is COc1ccc(C(CNS(=O)(=O)c2ccc3c(c2)NC(=O)CO3)N2CCOCC2)cc1. The van der Waals surface area contributed by atoms with Crippen molar-refractivity contribution in [2.24, 2.45) is 0 Å². The minimum Gasteiger partial charge on any atom is -0.497 e. The molecule has 2 aromatic carbocycles. The van der Waals surface area contributed by atoms with E-state index in [9.17, 15) is 13.2 Å². The molecule has 2 heterocycles. The summed E-state index contributed by atoms with van der Waals surface area (Å²) in [6, 6.07) is 11.9. The molecule has 166 valence electrons. The van der Waals surface area contributed by atoms with Crippen LogP contribution in [0.1, 0.15) is 11.6 Å². The van der Waals surface area contributed by atoms with Gasteiger partial charge in [0.1, 0.15) is 11.5 Å². The van der Waals surface area contributed by atoms with Gasteiger partial charge in [-0.25, -0.2) is 13.1 Å². The number of nitrogens with zero attached hydrogens (tertiary/aromatic N) is 1. The lowest BCUT2D eigenvalue weighted by Crippen LogP contribution is -2.43. The molecule has 2 aromatic rings. The van der Waals surface area contributed by atoms with Crippen molar-refractivity contribution in [1.82, 2.24) is 9.62 Å². The van der Waals surface area contributed by atoms with Crippen molar-refractivity contribution in [1.29, 1.82) is 0 Å². The van der Waals surface area contributed by atoms with E-state index in [4.69, 9.17) is 14.2 Å². The highest BCUT2D eigenvalue weighted by molar-refractivity contribution is 7.89. The highest BCUT2D eigenvalue weighted by atomic mass is 32.2. The predicted octanol–water partition coefficient (Wildman–Crippen LogP) is 1.38. The number of carbonyl (C=O) groups excluding carboxylic acids is 1. The number of hydrogen-bond acceptors (Lipinski definition) is 7. The van der Waals surface area contributed by atoms with Crippen LogP contribution in [0.3, 0.4) is 0 Å². The predicted molar refractivity (Wildman–Crippen MR) is 114 cm³/mol. The Bertz CT molecular complexity index is 1040. The van der Waals surface area contributed by atoms with Crippen LogP contribution in [0.4, 0.5) is 5.69 Å². The van der Waals surface area contributed by atoms with Crippen LogP contribution in [0.25, 0.3) is 0 Å². The van der Waals surface area contributed by atoms with Gasteiger partial charge < -0.3 is 19.5 Å². The van der Waals surface area contributed by atoms with Crippen LogP contribution in [0.2, 0.25) is 0 Å². The summed E-state index contributed by atoms with van der Waals surface area (Å²) in [5.74, 6) is 0.869. The summed E-state index contributed by atoms with van der Waals surface area (Å²) in [6.07, 6.45) is 0. The van der Waals surface area contributed by atoms with Gasteiger partial charge in [-0.3, -0.25) is 9.69 Å². The maximum absolute atomic E-state index is 13.0. The molecule has 0 saturated carbocycles. The standard InChI is InChI=1S/C21H25N3O6S/c1-28-16-4-2-15(3-5-16)19(24-8-10-29-11-9-24)13-22-31(26,27)17-6-7-20-18(12-17)23-21(25)14-30-20/h2-7,12,19,22H,8-11,13-14H2,1H3,(H,23,25). The van der Waals surface area contributed by atoms with Gasteiger partial charge in [0.05, 0.1) is 30.9 Å². The highest BCUT2D eigenvalue weighted by Gasteiger charge is 2.26. The summed E-state index contributed by atoms with van der Waals surface area (Å²) in [4.78, 5) is 13.8. The number of sulfonamides is 1. The summed E-state index contributed by atoms with van der Waals surface area (Å²) in [5, 5.41) is 2.64. The molecule has 0 aromatic heterocycles. The Morgan fingerprint density at radius 3 is 2.61 bits per heavy atom. The molecular weight excluding hydrogens is 422 g/mol. The molecule has 0 spiro atoms. The minimum absolute atomic E-state index is 0.0625. The van der Waals surface area contributed by atoms with Crippen molar-refractivity contribution in [2.75, 3.05) is 51.9 Å². The maximum atomic E-state index is 13.0. The number of benzene rings is 2. The third kappa shape index (κ3) is 4.99. The highest BCUT2D eigenvalue weighted by Crippen LogP contribution is 2.30. The zero-order chi connectivity index (χ0) is 21.8. The van der Waals surface area contributed by atoms with Gasteiger partial charge in [-0.15, -0.1) is 0 Å². The van der Waals surface area contributed by atoms with Crippen LogP contribution in [0.15, 0.2) is 47.4 Å². The molecular formula is C21H25N3O6S. The van der Waals surface area contributed by atoms with Crippen molar-refractivity contribution in [2.45, 2.75) is 10.9 Å². The Morgan fingerprint density at radius 1 is 1.16 bits per heavy atom. The lowest BCUT2D eigenvalue weighted by molar-refractivity contribution is -0.118. The van der Waals surface area contributed by atoms with E-state index in [-0.39, 0.29) is 30.0 Å². The lowest BCUT2D eigenvalue weighted by atomic mass is 10.0. The Hall–Kier alpha value is -2.66. The lowest BCUT2D eigenvalue weighted by Gasteiger charge is -2.35. The fourth-order valence-corrected chi connectivity index (χ4v) is 4.74. The summed E-state index contributed by atoms with van der Waals surface area (Å²) < 4.78 is 44.7. The molecule has 10 heteroatoms. The molecule has 2 aliphatic heterocycles. The van der Waals surface area contributed by atoms with E-state index in [1.807, 2.05) is 24.3 Å². The van der Waals surface area contributed by atoms with Crippen molar-refractivity contribution < 1.29 is 27.4 Å². The number of amides is 1. The molecule has 2 aliphatic rings. The van der Waals surface area contributed by atoms with Gasteiger partial charge >= 0.3 is 0 Å². The molecule has 0 bridgehead atoms. The van der Waals surface area contributed by atoms with E-state index in [0.717, 1.165) is 11.3 Å². The molecule has 1 amide bonds. The fourth-order valence-electron chi connectivity index (χ4n) is 3.67. The number of ether oxygens (including phenoxy) is 3. The topological polar surface area (TPSA) is 106 Å². The number of rotatable bonds is 7. The van der Waals surface area contributed by atoms with Crippen LogP contribution in [0, 0.1) is 0 Å². The third-order valence-electron chi connectivity index (χ3n) is 5.35.